The highest BCUT2D eigenvalue weighted by Gasteiger charge is 2.48. The van der Waals surface area contributed by atoms with Crippen molar-refractivity contribution in [1.29, 1.82) is 10.5 Å². The monoisotopic (exact) mass is 270 g/mol. The molecule has 0 fully saturated rings. The van der Waals surface area contributed by atoms with E-state index in [-0.39, 0.29) is 6.42 Å². The summed E-state index contributed by atoms with van der Waals surface area (Å²) in [4.78, 5) is 0. The Bertz CT molecular complexity index is 504. The molecule has 100 valence electrons. The van der Waals surface area contributed by atoms with Crippen LogP contribution in [0.3, 0.4) is 0 Å². The maximum Gasteiger partial charge on any atom is 0.525 e. The molecule has 0 aliphatic rings. The molecular formula is C12H9F3N2O2. The lowest BCUT2D eigenvalue weighted by molar-refractivity contribution is -0.400. The summed E-state index contributed by atoms with van der Waals surface area (Å²) in [5, 5.41) is 27.0. The maximum absolute atomic E-state index is 12.1. The van der Waals surface area contributed by atoms with Gasteiger partial charge in [-0.2, -0.15) is 10.5 Å². The first-order chi connectivity index (χ1) is 8.80. The third kappa shape index (κ3) is 4.25. The van der Waals surface area contributed by atoms with E-state index in [0.717, 1.165) is 6.07 Å². The van der Waals surface area contributed by atoms with E-state index < -0.39 is 18.1 Å². The fourth-order valence-corrected chi connectivity index (χ4v) is 1.47. The number of alkyl halides is 3. The summed E-state index contributed by atoms with van der Waals surface area (Å²) in [5.41, 5.74) is 0.508. The van der Waals surface area contributed by atoms with Gasteiger partial charge in [0.2, 0.25) is 0 Å². The third-order valence-electron chi connectivity index (χ3n) is 2.34. The normalized spacial score (nSPS) is 15.9. The highest BCUT2D eigenvalue weighted by molar-refractivity contribution is 5.19. The van der Waals surface area contributed by atoms with Gasteiger partial charge in [0.05, 0.1) is 6.07 Å². The Morgan fingerprint density at radius 3 is 2.21 bits per heavy atom. The Hall–Kier alpha value is -2.09. The van der Waals surface area contributed by atoms with Crippen LogP contribution < -0.4 is 0 Å². The molecule has 2 atom stereocenters. The standard InChI is InChI=1S/C12H9F3N2O2/c13-12(14,15)19-11(18,8-17)10(7-16)6-9-4-2-1-3-5-9/h1-5,10,18H,6H2/t10-,11-/m1/s1. The first kappa shape index (κ1) is 15.0. The van der Waals surface area contributed by atoms with E-state index in [1.54, 1.807) is 30.3 Å². The summed E-state index contributed by atoms with van der Waals surface area (Å²) >= 11 is 0. The molecule has 0 radical (unpaired) electrons. The van der Waals surface area contributed by atoms with Crippen LogP contribution in [0.2, 0.25) is 0 Å². The van der Waals surface area contributed by atoms with Crippen molar-refractivity contribution >= 4 is 0 Å². The molecule has 0 aromatic heterocycles. The number of aliphatic hydroxyl groups is 1. The van der Waals surface area contributed by atoms with Gasteiger partial charge in [-0.05, 0) is 12.0 Å². The van der Waals surface area contributed by atoms with Crippen LogP contribution in [0.1, 0.15) is 5.56 Å². The Morgan fingerprint density at radius 2 is 1.79 bits per heavy atom. The molecule has 1 aromatic carbocycles. The fourth-order valence-electron chi connectivity index (χ4n) is 1.47. The maximum atomic E-state index is 12.1. The second kappa shape index (κ2) is 5.70. The van der Waals surface area contributed by atoms with Crippen LogP contribution in [-0.2, 0) is 11.2 Å². The van der Waals surface area contributed by atoms with Crippen molar-refractivity contribution in [3.8, 4) is 12.1 Å². The number of ether oxygens (including phenoxy) is 1. The van der Waals surface area contributed by atoms with E-state index in [9.17, 15) is 18.3 Å². The summed E-state index contributed by atoms with van der Waals surface area (Å²) < 4.78 is 39.8. The Morgan fingerprint density at radius 1 is 1.21 bits per heavy atom. The van der Waals surface area contributed by atoms with Gasteiger partial charge >= 0.3 is 6.36 Å². The van der Waals surface area contributed by atoms with E-state index in [1.165, 1.54) is 6.07 Å². The molecule has 0 saturated carbocycles. The predicted octanol–water partition coefficient (Wildman–Crippen LogP) is 2.12. The summed E-state index contributed by atoms with van der Waals surface area (Å²) in [5.74, 6) is -4.90. The average Bonchev–Trinajstić information content (AvgIpc) is 2.35. The molecule has 0 aliphatic heterocycles. The molecule has 4 nitrogen and oxygen atoms in total. The van der Waals surface area contributed by atoms with Gasteiger partial charge in [0.25, 0.3) is 5.79 Å². The number of benzene rings is 1. The van der Waals surface area contributed by atoms with Crippen LogP contribution in [0, 0.1) is 28.6 Å². The predicted molar refractivity (Wildman–Crippen MR) is 57.0 cm³/mol. The van der Waals surface area contributed by atoms with Gasteiger partial charge < -0.3 is 5.11 Å². The molecule has 0 heterocycles. The molecule has 0 spiro atoms. The molecule has 7 heteroatoms. The zero-order chi connectivity index (χ0) is 14.5. The largest absolute Gasteiger partial charge is 0.525 e. The minimum Gasteiger partial charge on any atom is -0.353 e. The molecule has 0 unspecified atom stereocenters. The number of nitrogens with zero attached hydrogens (tertiary/aromatic N) is 2. The van der Waals surface area contributed by atoms with Crippen molar-refractivity contribution in [3.05, 3.63) is 35.9 Å². The second-order valence-corrected chi connectivity index (χ2v) is 3.73. The lowest BCUT2D eigenvalue weighted by Crippen LogP contribution is -2.44. The van der Waals surface area contributed by atoms with Gasteiger partial charge in [-0.3, -0.25) is 0 Å². The van der Waals surface area contributed by atoms with Gasteiger partial charge in [0.15, 0.2) is 0 Å². The van der Waals surface area contributed by atoms with Gasteiger partial charge in [0.1, 0.15) is 12.0 Å². The van der Waals surface area contributed by atoms with Gasteiger partial charge in [-0.25, -0.2) is 4.74 Å². The molecule has 0 saturated heterocycles. The molecule has 1 aromatic rings. The van der Waals surface area contributed by atoms with Crippen molar-refractivity contribution < 1.29 is 23.0 Å². The molecule has 19 heavy (non-hydrogen) atoms. The lowest BCUT2D eigenvalue weighted by Gasteiger charge is -2.26. The topological polar surface area (TPSA) is 77.0 Å². The number of rotatable bonds is 4. The smallest absolute Gasteiger partial charge is 0.353 e. The van der Waals surface area contributed by atoms with E-state index in [1.807, 2.05) is 0 Å². The van der Waals surface area contributed by atoms with Crippen molar-refractivity contribution in [2.75, 3.05) is 0 Å². The molecule has 0 amide bonds. The Kier molecular flexibility index (Phi) is 4.49. The minimum absolute atomic E-state index is 0.239. The van der Waals surface area contributed by atoms with E-state index in [0.29, 0.717) is 5.56 Å². The van der Waals surface area contributed by atoms with Gasteiger partial charge in [-0.1, -0.05) is 30.3 Å². The summed E-state index contributed by atoms with van der Waals surface area (Å²) in [6.07, 6.45) is -5.45. The minimum atomic E-state index is -5.21. The number of hydrogen-bond acceptors (Lipinski definition) is 4. The van der Waals surface area contributed by atoms with Crippen LogP contribution in [0.25, 0.3) is 0 Å². The van der Waals surface area contributed by atoms with Crippen LogP contribution in [-0.4, -0.2) is 17.3 Å². The molecular weight excluding hydrogens is 261 g/mol. The zero-order valence-electron chi connectivity index (χ0n) is 9.55. The van der Waals surface area contributed by atoms with E-state index in [4.69, 9.17) is 10.5 Å². The van der Waals surface area contributed by atoms with E-state index >= 15 is 0 Å². The second-order valence-electron chi connectivity index (χ2n) is 3.73. The number of nitriles is 2. The Labute approximate surface area is 107 Å². The average molecular weight is 270 g/mol. The lowest BCUT2D eigenvalue weighted by atomic mass is 9.93. The first-order valence-electron chi connectivity index (χ1n) is 5.15. The van der Waals surface area contributed by atoms with Crippen LogP contribution >= 0.6 is 0 Å². The molecule has 0 aliphatic carbocycles. The SMILES string of the molecule is N#C[C@@H](Cc1ccccc1)[C@@](O)(C#N)OC(F)(F)F. The quantitative estimate of drug-likeness (QED) is 0.671. The number of hydrogen-bond donors (Lipinski definition) is 1. The highest BCUT2D eigenvalue weighted by atomic mass is 19.4. The van der Waals surface area contributed by atoms with Crippen LogP contribution in [0.4, 0.5) is 13.2 Å². The third-order valence-corrected chi connectivity index (χ3v) is 2.34. The Balaban J connectivity index is 2.95. The summed E-state index contributed by atoms with van der Waals surface area (Å²) in [6.45, 7) is 0. The molecule has 1 rings (SSSR count). The fraction of sp³-hybridized carbons (Fsp3) is 0.333. The van der Waals surface area contributed by atoms with E-state index in [2.05, 4.69) is 4.74 Å². The van der Waals surface area contributed by atoms with Crippen molar-refractivity contribution in [1.82, 2.24) is 0 Å². The molecule has 1 N–H and O–H groups in total. The van der Waals surface area contributed by atoms with Crippen molar-refractivity contribution in [3.63, 3.8) is 0 Å². The highest BCUT2D eigenvalue weighted by Crippen LogP contribution is 2.30. The zero-order valence-corrected chi connectivity index (χ0v) is 9.55. The first-order valence-corrected chi connectivity index (χ1v) is 5.15. The van der Waals surface area contributed by atoms with Crippen LogP contribution in [0.5, 0.6) is 0 Å². The van der Waals surface area contributed by atoms with Crippen molar-refractivity contribution in [2.24, 2.45) is 5.92 Å². The summed E-state index contributed by atoms with van der Waals surface area (Å²) in [6, 6.07) is 10.5. The van der Waals surface area contributed by atoms with Crippen molar-refractivity contribution in [2.45, 2.75) is 18.6 Å². The van der Waals surface area contributed by atoms with Gasteiger partial charge in [-0.15, -0.1) is 13.2 Å². The summed E-state index contributed by atoms with van der Waals surface area (Å²) in [7, 11) is 0. The van der Waals surface area contributed by atoms with Crippen LogP contribution in [0.15, 0.2) is 30.3 Å². The van der Waals surface area contributed by atoms with Gasteiger partial charge in [0, 0.05) is 0 Å². The molecule has 0 bridgehead atoms. The number of halogens is 3.